The fourth-order valence-electron chi connectivity index (χ4n) is 2.20. The van der Waals surface area contributed by atoms with E-state index in [0.717, 1.165) is 31.8 Å². The van der Waals surface area contributed by atoms with Crippen molar-refractivity contribution in [1.29, 1.82) is 0 Å². The van der Waals surface area contributed by atoms with Crippen molar-refractivity contribution in [2.45, 2.75) is 38.8 Å². The molecule has 1 aromatic rings. The van der Waals surface area contributed by atoms with E-state index in [2.05, 4.69) is 17.1 Å². The number of rotatable bonds is 4. The topological polar surface area (TPSA) is 77.0 Å². The predicted octanol–water partition coefficient (Wildman–Crippen LogP) is 0.254. The Kier molecular flexibility index (Phi) is 4.30. The first kappa shape index (κ1) is 13.0. The molecule has 18 heavy (non-hydrogen) atoms. The lowest BCUT2D eigenvalue weighted by molar-refractivity contribution is -0.134. The minimum Gasteiger partial charge on any atom is -0.341 e. The van der Waals surface area contributed by atoms with Crippen LogP contribution in [0.2, 0.25) is 0 Å². The molecule has 6 heteroatoms. The van der Waals surface area contributed by atoms with Crippen LogP contribution in [0.3, 0.4) is 0 Å². The molecule has 0 bridgehead atoms. The molecule has 1 aliphatic rings. The molecule has 1 aromatic heterocycles. The Morgan fingerprint density at radius 1 is 1.39 bits per heavy atom. The molecule has 2 heterocycles. The van der Waals surface area contributed by atoms with Gasteiger partial charge in [0.1, 0.15) is 0 Å². The van der Waals surface area contributed by atoms with Gasteiger partial charge in [-0.05, 0) is 25.2 Å². The molecule has 1 fully saturated rings. The first-order valence-electron chi connectivity index (χ1n) is 6.55. The molecule has 1 saturated heterocycles. The molecule has 100 valence electrons. The van der Waals surface area contributed by atoms with Crippen LogP contribution in [0.25, 0.3) is 0 Å². The van der Waals surface area contributed by atoms with Crippen molar-refractivity contribution in [2.24, 2.45) is 11.7 Å². The van der Waals surface area contributed by atoms with Crippen LogP contribution in [0.1, 0.15) is 26.2 Å². The Morgan fingerprint density at radius 3 is 2.61 bits per heavy atom. The molecule has 1 atom stereocenters. The summed E-state index contributed by atoms with van der Waals surface area (Å²) in [4.78, 5) is 15.6. The van der Waals surface area contributed by atoms with Gasteiger partial charge in [-0.25, -0.2) is 0 Å². The lowest BCUT2D eigenvalue weighted by Gasteiger charge is -2.32. The van der Waals surface area contributed by atoms with E-state index < -0.39 is 6.04 Å². The summed E-state index contributed by atoms with van der Waals surface area (Å²) in [5, 5.41) is 7.99. The fourth-order valence-corrected chi connectivity index (χ4v) is 2.20. The predicted molar refractivity (Wildman–Crippen MR) is 67.6 cm³/mol. The van der Waals surface area contributed by atoms with Crippen molar-refractivity contribution in [1.82, 2.24) is 19.9 Å². The van der Waals surface area contributed by atoms with Crippen LogP contribution in [0, 0.1) is 5.92 Å². The van der Waals surface area contributed by atoms with Gasteiger partial charge in [-0.2, -0.15) is 15.0 Å². The summed E-state index contributed by atoms with van der Waals surface area (Å²) in [6, 6.07) is -0.440. The number of amides is 1. The third-order valence-corrected chi connectivity index (χ3v) is 3.52. The smallest absolute Gasteiger partial charge is 0.239 e. The zero-order valence-corrected chi connectivity index (χ0v) is 10.8. The van der Waals surface area contributed by atoms with Crippen LogP contribution in [-0.4, -0.2) is 44.9 Å². The quantitative estimate of drug-likeness (QED) is 0.832. The maximum Gasteiger partial charge on any atom is 0.239 e. The van der Waals surface area contributed by atoms with Gasteiger partial charge in [0, 0.05) is 13.1 Å². The Morgan fingerprint density at radius 2 is 2.00 bits per heavy atom. The van der Waals surface area contributed by atoms with Gasteiger partial charge in [0.25, 0.3) is 0 Å². The maximum absolute atomic E-state index is 12.1. The second-order valence-electron chi connectivity index (χ2n) is 5.03. The second kappa shape index (κ2) is 5.95. The second-order valence-corrected chi connectivity index (χ2v) is 5.03. The average Bonchev–Trinajstić information content (AvgIpc) is 2.89. The summed E-state index contributed by atoms with van der Waals surface area (Å²) in [7, 11) is 0. The number of piperidine rings is 1. The zero-order valence-electron chi connectivity index (χ0n) is 10.8. The lowest BCUT2D eigenvalue weighted by Crippen LogP contribution is -2.47. The fraction of sp³-hybridized carbons (Fsp3) is 0.750. The van der Waals surface area contributed by atoms with E-state index in [1.165, 1.54) is 0 Å². The molecule has 2 N–H and O–H groups in total. The minimum atomic E-state index is -0.440. The highest BCUT2D eigenvalue weighted by atomic mass is 16.2. The summed E-state index contributed by atoms with van der Waals surface area (Å²) in [5.74, 6) is 0.785. The van der Waals surface area contributed by atoms with Gasteiger partial charge in [-0.15, -0.1) is 0 Å². The molecule has 0 spiro atoms. The minimum absolute atomic E-state index is 0.0639. The van der Waals surface area contributed by atoms with Gasteiger partial charge in [-0.3, -0.25) is 4.79 Å². The van der Waals surface area contributed by atoms with Crippen molar-refractivity contribution in [3.63, 3.8) is 0 Å². The lowest BCUT2D eigenvalue weighted by atomic mass is 9.98. The Balaban J connectivity index is 1.77. The van der Waals surface area contributed by atoms with E-state index in [-0.39, 0.29) is 5.91 Å². The Bertz CT molecular complexity index is 370. The van der Waals surface area contributed by atoms with Crippen molar-refractivity contribution in [3.8, 4) is 0 Å². The molecule has 0 aliphatic carbocycles. The molecular formula is C12H21N5O. The summed E-state index contributed by atoms with van der Waals surface area (Å²) >= 11 is 0. The molecule has 6 nitrogen and oxygen atoms in total. The highest BCUT2D eigenvalue weighted by Crippen LogP contribution is 2.16. The van der Waals surface area contributed by atoms with Gasteiger partial charge in [-0.1, -0.05) is 6.92 Å². The van der Waals surface area contributed by atoms with Crippen LogP contribution in [0.5, 0.6) is 0 Å². The molecule has 1 aliphatic heterocycles. The third-order valence-electron chi connectivity index (χ3n) is 3.52. The number of aryl methyl sites for hydroxylation is 1. The summed E-state index contributed by atoms with van der Waals surface area (Å²) in [6.07, 6.45) is 6.00. The summed E-state index contributed by atoms with van der Waals surface area (Å²) in [5.41, 5.74) is 5.94. The molecule has 2 rings (SSSR count). The Hall–Kier alpha value is -1.43. The first-order chi connectivity index (χ1) is 8.66. The monoisotopic (exact) mass is 251 g/mol. The number of nitrogens with two attached hydrogens (primary N) is 1. The standard InChI is InChI=1S/C12H21N5O/c1-10-2-7-16(8-3-10)12(18)11(13)4-9-17-14-5-6-15-17/h5-6,10-11H,2-4,7-9,13H2,1H3. The third kappa shape index (κ3) is 3.29. The molecule has 0 aromatic carbocycles. The van der Waals surface area contributed by atoms with E-state index in [0.29, 0.717) is 13.0 Å². The van der Waals surface area contributed by atoms with Gasteiger partial charge in [0.2, 0.25) is 5.91 Å². The highest BCUT2D eigenvalue weighted by molar-refractivity contribution is 5.81. The number of carbonyl (C=O) groups is 1. The summed E-state index contributed by atoms with van der Waals surface area (Å²) in [6.45, 7) is 4.50. The average molecular weight is 251 g/mol. The van der Waals surface area contributed by atoms with Crippen molar-refractivity contribution >= 4 is 5.91 Å². The summed E-state index contributed by atoms with van der Waals surface area (Å²) < 4.78 is 0. The number of aromatic nitrogens is 3. The van der Waals surface area contributed by atoms with Crippen LogP contribution in [0.15, 0.2) is 12.4 Å². The molecular weight excluding hydrogens is 230 g/mol. The Labute approximate surface area is 107 Å². The van der Waals surface area contributed by atoms with E-state index in [1.807, 2.05) is 4.90 Å². The number of nitrogens with zero attached hydrogens (tertiary/aromatic N) is 4. The maximum atomic E-state index is 12.1. The van der Waals surface area contributed by atoms with Crippen LogP contribution in [0.4, 0.5) is 0 Å². The van der Waals surface area contributed by atoms with Crippen molar-refractivity contribution in [3.05, 3.63) is 12.4 Å². The van der Waals surface area contributed by atoms with Gasteiger partial charge < -0.3 is 10.6 Å². The van der Waals surface area contributed by atoms with E-state index in [1.54, 1.807) is 17.2 Å². The number of carbonyl (C=O) groups excluding carboxylic acids is 1. The van der Waals surface area contributed by atoms with E-state index in [4.69, 9.17) is 5.73 Å². The van der Waals surface area contributed by atoms with Gasteiger partial charge >= 0.3 is 0 Å². The highest BCUT2D eigenvalue weighted by Gasteiger charge is 2.24. The number of hydrogen-bond acceptors (Lipinski definition) is 4. The van der Waals surface area contributed by atoms with Crippen LogP contribution in [-0.2, 0) is 11.3 Å². The van der Waals surface area contributed by atoms with Gasteiger partial charge in [0.05, 0.1) is 25.0 Å². The van der Waals surface area contributed by atoms with Crippen LogP contribution >= 0.6 is 0 Å². The SMILES string of the molecule is CC1CCN(C(=O)C(N)CCn2nccn2)CC1. The van der Waals surface area contributed by atoms with Gasteiger partial charge in [0.15, 0.2) is 0 Å². The number of likely N-dealkylation sites (tertiary alicyclic amines) is 1. The van der Waals surface area contributed by atoms with E-state index >= 15 is 0 Å². The first-order valence-corrected chi connectivity index (χ1v) is 6.55. The largest absolute Gasteiger partial charge is 0.341 e. The van der Waals surface area contributed by atoms with Crippen molar-refractivity contribution in [2.75, 3.05) is 13.1 Å². The van der Waals surface area contributed by atoms with Crippen LogP contribution < -0.4 is 5.73 Å². The normalized spacial score (nSPS) is 18.9. The molecule has 1 unspecified atom stereocenters. The molecule has 1 amide bonds. The van der Waals surface area contributed by atoms with E-state index in [9.17, 15) is 4.79 Å². The van der Waals surface area contributed by atoms with Crippen molar-refractivity contribution < 1.29 is 4.79 Å². The zero-order chi connectivity index (χ0) is 13.0. The molecule has 0 saturated carbocycles. The number of hydrogen-bond donors (Lipinski definition) is 1. The molecule has 0 radical (unpaired) electrons.